The topological polar surface area (TPSA) is 67.2 Å². The molecule has 2 aromatic rings. The second-order valence-corrected chi connectivity index (χ2v) is 7.51. The molecule has 1 amide bonds. The second-order valence-electron chi connectivity index (χ2n) is 7.51. The molecule has 4 rings (SSSR count). The number of fused-ring (bicyclic) bond motifs is 1. The summed E-state index contributed by atoms with van der Waals surface area (Å²) in [6, 6.07) is 5.94. The zero-order chi connectivity index (χ0) is 17.4. The van der Waals surface area contributed by atoms with Crippen LogP contribution in [0.4, 0.5) is 5.69 Å². The standard InChI is InChI=1S/C20H25N3O2/c1-13-6-7-16(9-17(13)18-22-14(2)11-25-18)23-19(24)20-8-4-3-5-15(20)10-21-12-20/h6-7,9,11,15,21H,3-5,8,10,12H2,1-2H3,(H,23,24)/t15-,20+/m0/s1. The van der Waals surface area contributed by atoms with Crippen LogP contribution in [0, 0.1) is 25.2 Å². The zero-order valence-electron chi connectivity index (χ0n) is 14.9. The van der Waals surface area contributed by atoms with Gasteiger partial charge in [0.1, 0.15) is 6.26 Å². The molecule has 5 nitrogen and oxygen atoms in total. The Hall–Kier alpha value is -2.14. The molecule has 1 saturated carbocycles. The Morgan fingerprint density at radius 3 is 3.04 bits per heavy atom. The van der Waals surface area contributed by atoms with E-state index in [1.165, 1.54) is 6.42 Å². The van der Waals surface area contributed by atoms with Gasteiger partial charge in [-0.05, 0) is 56.8 Å². The maximum Gasteiger partial charge on any atom is 0.232 e. The number of oxazole rings is 1. The summed E-state index contributed by atoms with van der Waals surface area (Å²) in [5, 5.41) is 6.60. The first-order valence-corrected chi connectivity index (χ1v) is 9.14. The van der Waals surface area contributed by atoms with Crippen molar-refractivity contribution < 1.29 is 9.21 Å². The number of hydrogen-bond donors (Lipinski definition) is 2. The maximum atomic E-state index is 13.1. The van der Waals surface area contributed by atoms with Gasteiger partial charge in [-0.25, -0.2) is 4.98 Å². The number of benzene rings is 1. The van der Waals surface area contributed by atoms with Crippen LogP contribution in [0.25, 0.3) is 11.5 Å². The van der Waals surface area contributed by atoms with Crippen molar-refractivity contribution in [2.45, 2.75) is 39.5 Å². The van der Waals surface area contributed by atoms with E-state index in [1.54, 1.807) is 6.26 Å². The number of anilines is 1. The van der Waals surface area contributed by atoms with Gasteiger partial charge in [0.25, 0.3) is 0 Å². The third-order valence-electron chi connectivity index (χ3n) is 5.84. The van der Waals surface area contributed by atoms with Gasteiger partial charge in [0.15, 0.2) is 0 Å². The van der Waals surface area contributed by atoms with Gasteiger partial charge in [-0.3, -0.25) is 4.79 Å². The Labute approximate surface area is 148 Å². The molecule has 2 heterocycles. The SMILES string of the molecule is Cc1coc(-c2cc(NC(=O)[C@@]34CCCC[C@H]3CNC4)ccc2C)n1. The molecule has 25 heavy (non-hydrogen) atoms. The van der Waals surface area contributed by atoms with Gasteiger partial charge >= 0.3 is 0 Å². The molecule has 0 spiro atoms. The Balaban J connectivity index is 1.59. The van der Waals surface area contributed by atoms with Gasteiger partial charge in [-0.1, -0.05) is 18.9 Å². The van der Waals surface area contributed by atoms with E-state index in [9.17, 15) is 4.79 Å². The molecule has 0 unspecified atom stereocenters. The molecule has 1 aliphatic heterocycles. The number of aromatic nitrogens is 1. The highest BCUT2D eigenvalue weighted by Gasteiger charge is 2.49. The summed E-state index contributed by atoms with van der Waals surface area (Å²) in [6.45, 7) is 5.68. The van der Waals surface area contributed by atoms with Crippen molar-refractivity contribution in [1.29, 1.82) is 0 Å². The molecule has 2 fully saturated rings. The van der Waals surface area contributed by atoms with Crippen molar-refractivity contribution in [2.75, 3.05) is 18.4 Å². The number of nitrogens with zero attached hydrogens (tertiary/aromatic N) is 1. The Morgan fingerprint density at radius 1 is 1.36 bits per heavy atom. The maximum absolute atomic E-state index is 13.1. The molecule has 5 heteroatoms. The monoisotopic (exact) mass is 339 g/mol. The lowest BCUT2D eigenvalue weighted by atomic mass is 9.67. The first kappa shape index (κ1) is 16.3. The van der Waals surface area contributed by atoms with E-state index < -0.39 is 0 Å². The fourth-order valence-electron chi connectivity index (χ4n) is 4.35. The molecule has 2 atom stereocenters. The summed E-state index contributed by atoms with van der Waals surface area (Å²) < 4.78 is 5.54. The summed E-state index contributed by atoms with van der Waals surface area (Å²) in [7, 11) is 0. The van der Waals surface area contributed by atoms with Crippen LogP contribution >= 0.6 is 0 Å². The molecule has 0 bridgehead atoms. The van der Waals surface area contributed by atoms with E-state index in [4.69, 9.17) is 4.42 Å². The van der Waals surface area contributed by atoms with E-state index in [0.29, 0.717) is 11.8 Å². The Morgan fingerprint density at radius 2 is 2.24 bits per heavy atom. The molecule has 2 N–H and O–H groups in total. The van der Waals surface area contributed by atoms with Crippen molar-refractivity contribution in [3.63, 3.8) is 0 Å². The molecule has 1 saturated heterocycles. The molecule has 132 valence electrons. The minimum absolute atomic E-state index is 0.153. The number of rotatable bonds is 3. The summed E-state index contributed by atoms with van der Waals surface area (Å²) in [4.78, 5) is 17.5. The Bertz CT molecular complexity index is 798. The lowest BCUT2D eigenvalue weighted by molar-refractivity contribution is -0.128. The minimum Gasteiger partial charge on any atom is -0.444 e. The molecular weight excluding hydrogens is 314 g/mol. The van der Waals surface area contributed by atoms with E-state index in [0.717, 1.165) is 54.9 Å². The average molecular weight is 339 g/mol. The molecule has 0 radical (unpaired) electrons. The largest absolute Gasteiger partial charge is 0.444 e. The summed E-state index contributed by atoms with van der Waals surface area (Å²) in [6.07, 6.45) is 6.15. The van der Waals surface area contributed by atoms with Crippen LogP contribution in [0.1, 0.15) is 36.9 Å². The first-order chi connectivity index (χ1) is 12.1. The van der Waals surface area contributed by atoms with E-state index in [-0.39, 0.29) is 11.3 Å². The smallest absolute Gasteiger partial charge is 0.232 e. The molecule has 2 aliphatic rings. The summed E-state index contributed by atoms with van der Waals surface area (Å²) >= 11 is 0. The quantitative estimate of drug-likeness (QED) is 0.895. The fraction of sp³-hybridized carbons (Fsp3) is 0.500. The predicted octanol–water partition coefficient (Wildman–Crippen LogP) is 3.68. The molecular formula is C20H25N3O2. The van der Waals surface area contributed by atoms with E-state index in [1.807, 2.05) is 32.0 Å². The van der Waals surface area contributed by atoms with E-state index in [2.05, 4.69) is 15.6 Å². The summed E-state index contributed by atoms with van der Waals surface area (Å²) in [5.41, 5.74) is 3.42. The van der Waals surface area contributed by atoms with Crippen molar-refractivity contribution in [1.82, 2.24) is 10.3 Å². The third kappa shape index (κ3) is 2.86. The normalized spacial score (nSPS) is 25.6. The highest BCUT2D eigenvalue weighted by atomic mass is 16.3. The van der Waals surface area contributed by atoms with Crippen molar-refractivity contribution in [3.8, 4) is 11.5 Å². The van der Waals surface area contributed by atoms with E-state index >= 15 is 0 Å². The second kappa shape index (κ2) is 6.30. The molecule has 1 aliphatic carbocycles. The van der Waals surface area contributed by atoms with Gasteiger partial charge in [-0.15, -0.1) is 0 Å². The molecule has 1 aromatic carbocycles. The first-order valence-electron chi connectivity index (χ1n) is 9.14. The minimum atomic E-state index is -0.247. The van der Waals surface area contributed by atoms with Gasteiger partial charge in [0, 0.05) is 17.8 Å². The van der Waals surface area contributed by atoms with Gasteiger partial charge in [0.2, 0.25) is 11.8 Å². The number of hydrogen-bond acceptors (Lipinski definition) is 4. The van der Waals surface area contributed by atoms with Crippen LogP contribution in [0.5, 0.6) is 0 Å². The van der Waals surface area contributed by atoms with Crippen LogP contribution < -0.4 is 10.6 Å². The van der Waals surface area contributed by atoms with Crippen LogP contribution in [-0.4, -0.2) is 24.0 Å². The van der Waals surface area contributed by atoms with Crippen LogP contribution in [0.15, 0.2) is 28.9 Å². The highest BCUT2D eigenvalue weighted by Crippen LogP contribution is 2.44. The fourth-order valence-corrected chi connectivity index (χ4v) is 4.35. The van der Waals surface area contributed by atoms with Crippen molar-refractivity contribution in [2.24, 2.45) is 11.3 Å². The highest BCUT2D eigenvalue weighted by molar-refractivity contribution is 5.96. The predicted molar refractivity (Wildman–Crippen MR) is 97.3 cm³/mol. The van der Waals surface area contributed by atoms with Crippen LogP contribution in [0.3, 0.4) is 0 Å². The number of aryl methyl sites for hydroxylation is 2. The number of carbonyl (C=O) groups is 1. The average Bonchev–Trinajstić information content (AvgIpc) is 3.23. The molecule has 1 aromatic heterocycles. The lowest BCUT2D eigenvalue weighted by Gasteiger charge is -2.37. The number of carbonyl (C=O) groups excluding carboxylic acids is 1. The van der Waals surface area contributed by atoms with Gasteiger partial charge < -0.3 is 15.1 Å². The zero-order valence-corrected chi connectivity index (χ0v) is 14.9. The summed E-state index contributed by atoms with van der Waals surface area (Å²) in [5.74, 6) is 1.21. The van der Waals surface area contributed by atoms with Crippen molar-refractivity contribution >= 4 is 11.6 Å². The number of amides is 1. The van der Waals surface area contributed by atoms with Gasteiger partial charge in [-0.2, -0.15) is 0 Å². The van der Waals surface area contributed by atoms with Crippen molar-refractivity contribution in [3.05, 3.63) is 35.7 Å². The number of nitrogens with one attached hydrogen (secondary N) is 2. The lowest BCUT2D eigenvalue weighted by Crippen LogP contribution is -2.44. The van der Waals surface area contributed by atoms with Crippen LogP contribution in [-0.2, 0) is 4.79 Å². The van der Waals surface area contributed by atoms with Crippen LogP contribution in [0.2, 0.25) is 0 Å². The van der Waals surface area contributed by atoms with Gasteiger partial charge in [0.05, 0.1) is 11.1 Å². The Kier molecular flexibility index (Phi) is 4.12. The third-order valence-corrected chi connectivity index (χ3v) is 5.84.